The van der Waals surface area contributed by atoms with Gasteiger partial charge in [0, 0.05) is 5.56 Å². The minimum Gasteiger partial charge on any atom is -0.457 e. The summed E-state index contributed by atoms with van der Waals surface area (Å²) in [6.07, 6.45) is 1.16. The third kappa shape index (κ3) is 6.20. The lowest BCUT2D eigenvalue weighted by molar-refractivity contribution is 0.168. The number of amides is 1. The zero-order chi connectivity index (χ0) is 23.8. The van der Waals surface area contributed by atoms with Crippen molar-refractivity contribution < 1.29 is 14.3 Å². The second kappa shape index (κ2) is 11.1. The molecule has 34 heavy (non-hydrogen) atoms. The van der Waals surface area contributed by atoms with E-state index in [2.05, 4.69) is 20.8 Å². The Kier molecular flexibility index (Phi) is 7.52. The molecule has 3 aromatic carbocycles. The first-order valence-corrected chi connectivity index (χ1v) is 11.6. The molecule has 2 N–H and O–H groups in total. The molecule has 0 aliphatic rings. The topological polar surface area (TPSA) is 84.8 Å². The number of thiazole rings is 1. The Bertz CT molecular complexity index is 1270. The van der Waals surface area contributed by atoms with Gasteiger partial charge in [0.15, 0.2) is 0 Å². The Hall–Kier alpha value is -4.17. The number of carbonyl (C=O) groups is 1. The van der Waals surface area contributed by atoms with E-state index in [1.807, 2.05) is 85.8 Å². The number of nitrogens with one attached hydrogen (secondary N) is 2. The number of ether oxygens (including phenoxy) is 2. The van der Waals surface area contributed by atoms with Crippen molar-refractivity contribution in [3.8, 4) is 22.8 Å². The van der Waals surface area contributed by atoms with E-state index in [9.17, 15) is 4.79 Å². The number of para-hydroxylation sites is 1. The van der Waals surface area contributed by atoms with Gasteiger partial charge in [0.1, 0.15) is 22.2 Å². The molecule has 0 spiro atoms. The molecule has 8 heteroatoms. The molecule has 172 valence electrons. The Labute approximate surface area is 202 Å². The maximum Gasteiger partial charge on any atom is 0.412 e. The molecular weight excluding hydrogens is 448 g/mol. The third-order valence-corrected chi connectivity index (χ3v) is 5.53. The first-order chi connectivity index (χ1) is 16.6. The van der Waals surface area contributed by atoms with Crippen LogP contribution in [0, 0.1) is 6.92 Å². The van der Waals surface area contributed by atoms with Crippen molar-refractivity contribution in [3.63, 3.8) is 0 Å². The van der Waals surface area contributed by atoms with E-state index >= 15 is 0 Å². The molecule has 4 rings (SSSR count). The van der Waals surface area contributed by atoms with Crippen LogP contribution in [0.1, 0.15) is 18.1 Å². The van der Waals surface area contributed by atoms with Gasteiger partial charge in [-0.1, -0.05) is 71.5 Å². The lowest BCUT2D eigenvalue weighted by Gasteiger charge is -2.05. The standard InChI is InChI=1S/C26H24N4O3S/c1-3-32-26(31)29-24-23(20-14-12-18(2)13-15-20)28-25(34-24)30-27-17-19-8-7-11-22(16-19)33-21-9-5-4-6-10-21/h4-17H,3H2,1-2H3,(H,28,30)(H,29,31). The third-order valence-electron chi connectivity index (χ3n) is 4.65. The van der Waals surface area contributed by atoms with Crippen LogP contribution in [0.4, 0.5) is 14.9 Å². The molecule has 1 aromatic heterocycles. The Morgan fingerprint density at radius 1 is 1.03 bits per heavy atom. The van der Waals surface area contributed by atoms with Crippen LogP contribution in [0.5, 0.6) is 11.5 Å². The summed E-state index contributed by atoms with van der Waals surface area (Å²) in [5, 5.41) is 8.20. The smallest absolute Gasteiger partial charge is 0.412 e. The second-order valence-electron chi connectivity index (χ2n) is 7.27. The number of carbonyl (C=O) groups excluding carboxylic acids is 1. The molecule has 7 nitrogen and oxygen atoms in total. The van der Waals surface area contributed by atoms with E-state index < -0.39 is 6.09 Å². The van der Waals surface area contributed by atoms with Crippen LogP contribution in [0.15, 0.2) is 84.0 Å². The van der Waals surface area contributed by atoms with Crippen LogP contribution in [0.2, 0.25) is 0 Å². The van der Waals surface area contributed by atoms with E-state index in [0.29, 0.717) is 21.6 Å². The van der Waals surface area contributed by atoms with Gasteiger partial charge in [-0.15, -0.1) is 0 Å². The summed E-state index contributed by atoms with van der Waals surface area (Å²) >= 11 is 1.28. The van der Waals surface area contributed by atoms with Gasteiger partial charge < -0.3 is 9.47 Å². The fourth-order valence-corrected chi connectivity index (χ4v) is 3.89. The summed E-state index contributed by atoms with van der Waals surface area (Å²) in [7, 11) is 0. The van der Waals surface area contributed by atoms with Gasteiger partial charge >= 0.3 is 6.09 Å². The second-order valence-corrected chi connectivity index (χ2v) is 8.26. The zero-order valence-corrected chi connectivity index (χ0v) is 19.6. The molecule has 0 aliphatic carbocycles. The summed E-state index contributed by atoms with van der Waals surface area (Å²) < 4.78 is 10.9. The Morgan fingerprint density at radius 2 is 1.79 bits per heavy atom. The number of anilines is 2. The van der Waals surface area contributed by atoms with Crippen LogP contribution in [0.3, 0.4) is 0 Å². The molecule has 4 aromatic rings. The maximum atomic E-state index is 12.0. The fraction of sp³-hybridized carbons (Fsp3) is 0.115. The van der Waals surface area contributed by atoms with Crippen LogP contribution in [-0.2, 0) is 4.74 Å². The van der Waals surface area contributed by atoms with Gasteiger partial charge in [-0.3, -0.25) is 10.7 Å². The van der Waals surface area contributed by atoms with Crippen molar-refractivity contribution in [2.45, 2.75) is 13.8 Å². The predicted octanol–water partition coefficient (Wildman–Crippen LogP) is 6.93. The molecule has 0 fully saturated rings. The number of rotatable bonds is 8. The summed E-state index contributed by atoms with van der Waals surface area (Å²) in [5.41, 5.74) is 6.49. The summed E-state index contributed by atoms with van der Waals surface area (Å²) in [6.45, 7) is 4.06. The molecule has 1 amide bonds. The van der Waals surface area contributed by atoms with Crippen LogP contribution in [0.25, 0.3) is 11.3 Å². The highest BCUT2D eigenvalue weighted by molar-refractivity contribution is 7.20. The quantitative estimate of drug-likeness (QED) is 0.215. The number of benzene rings is 3. The molecule has 0 aliphatic heterocycles. The molecule has 0 radical (unpaired) electrons. The van der Waals surface area contributed by atoms with Gasteiger partial charge in [0.05, 0.1) is 12.8 Å². The Morgan fingerprint density at radius 3 is 2.56 bits per heavy atom. The number of hydrogen-bond donors (Lipinski definition) is 2. The number of hydrazone groups is 1. The van der Waals surface area contributed by atoms with Gasteiger partial charge in [0.2, 0.25) is 5.13 Å². The largest absolute Gasteiger partial charge is 0.457 e. The maximum absolute atomic E-state index is 12.0. The average molecular weight is 473 g/mol. The van der Waals surface area contributed by atoms with Gasteiger partial charge in [0.25, 0.3) is 0 Å². The zero-order valence-electron chi connectivity index (χ0n) is 18.8. The number of nitrogens with zero attached hydrogens (tertiary/aromatic N) is 2. The van der Waals surface area contributed by atoms with Crippen molar-refractivity contribution >= 4 is 33.8 Å². The molecule has 0 bridgehead atoms. The van der Waals surface area contributed by atoms with Crippen molar-refractivity contribution in [1.82, 2.24) is 4.98 Å². The van der Waals surface area contributed by atoms with E-state index in [1.165, 1.54) is 11.3 Å². The molecule has 0 atom stereocenters. The lowest BCUT2D eigenvalue weighted by atomic mass is 10.1. The summed E-state index contributed by atoms with van der Waals surface area (Å²) in [4.78, 5) is 16.6. The first kappa shape index (κ1) is 23.0. The van der Waals surface area contributed by atoms with Gasteiger partial charge in [-0.25, -0.2) is 9.78 Å². The minimum absolute atomic E-state index is 0.285. The highest BCUT2D eigenvalue weighted by atomic mass is 32.1. The summed E-state index contributed by atoms with van der Waals surface area (Å²) in [6, 6.07) is 25.1. The summed E-state index contributed by atoms with van der Waals surface area (Å²) in [5.74, 6) is 1.48. The average Bonchev–Trinajstić information content (AvgIpc) is 3.23. The van der Waals surface area contributed by atoms with Crippen LogP contribution in [-0.4, -0.2) is 23.9 Å². The van der Waals surface area contributed by atoms with Gasteiger partial charge in [-0.05, 0) is 43.7 Å². The highest BCUT2D eigenvalue weighted by Gasteiger charge is 2.16. The van der Waals surface area contributed by atoms with Crippen LogP contribution < -0.4 is 15.5 Å². The first-order valence-electron chi connectivity index (χ1n) is 10.7. The van der Waals surface area contributed by atoms with Crippen molar-refractivity contribution in [3.05, 3.63) is 90.0 Å². The SMILES string of the molecule is CCOC(=O)Nc1sc(NN=Cc2cccc(Oc3ccccc3)c2)nc1-c1ccc(C)cc1. The van der Waals surface area contributed by atoms with E-state index in [1.54, 1.807) is 13.1 Å². The molecular formula is C26H24N4O3S. The van der Waals surface area contributed by atoms with Crippen molar-refractivity contribution in [1.29, 1.82) is 0 Å². The van der Waals surface area contributed by atoms with Crippen molar-refractivity contribution in [2.24, 2.45) is 5.10 Å². The molecule has 1 heterocycles. The predicted molar refractivity (Wildman–Crippen MR) is 137 cm³/mol. The van der Waals surface area contributed by atoms with E-state index in [4.69, 9.17) is 9.47 Å². The van der Waals surface area contributed by atoms with Crippen LogP contribution >= 0.6 is 11.3 Å². The molecule has 0 unspecified atom stereocenters. The van der Waals surface area contributed by atoms with E-state index in [0.717, 1.165) is 22.4 Å². The normalized spacial score (nSPS) is 10.8. The molecule has 0 saturated heterocycles. The lowest BCUT2D eigenvalue weighted by Crippen LogP contribution is -2.12. The number of hydrogen-bond acceptors (Lipinski definition) is 7. The Balaban J connectivity index is 1.49. The van der Waals surface area contributed by atoms with Gasteiger partial charge in [-0.2, -0.15) is 5.10 Å². The molecule has 0 saturated carbocycles. The minimum atomic E-state index is -0.523. The van der Waals surface area contributed by atoms with E-state index in [-0.39, 0.29) is 6.61 Å². The monoisotopic (exact) mass is 472 g/mol. The van der Waals surface area contributed by atoms with Crippen molar-refractivity contribution in [2.75, 3.05) is 17.3 Å². The number of aryl methyl sites for hydroxylation is 1. The number of aromatic nitrogens is 1. The highest BCUT2D eigenvalue weighted by Crippen LogP contribution is 2.36. The fourth-order valence-electron chi connectivity index (χ4n) is 3.06.